The van der Waals surface area contributed by atoms with Crippen molar-refractivity contribution in [2.45, 2.75) is 20.3 Å². The van der Waals surface area contributed by atoms with Crippen LogP contribution in [0.5, 0.6) is 0 Å². The Morgan fingerprint density at radius 2 is 1.92 bits per heavy atom. The predicted molar refractivity (Wildman–Crippen MR) is 89.2 cm³/mol. The molecule has 0 N–H and O–H groups in total. The number of ketones is 1. The average Bonchev–Trinajstić information content (AvgIpc) is 2.91. The quantitative estimate of drug-likeness (QED) is 0.410. The number of hydrogen-bond acceptors (Lipinski definition) is 5. The van der Waals surface area contributed by atoms with Crippen LogP contribution in [0.3, 0.4) is 0 Å². The highest BCUT2D eigenvalue weighted by Crippen LogP contribution is 2.20. The maximum absolute atomic E-state index is 12.1. The molecule has 0 saturated carbocycles. The number of fused-ring (bicyclic) bond motifs is 1. The van der Waals surface area contributed by atoms with E-state index in [1.54, 1.807) is 25.3 Å². The van der Waals surface area contributed by atoms with Crippen LogP contribution in [0.4, 0.5) is 0 Å². The maximum atomic E-state index is 12.1. The summed E-state index contributed by atoms with van der Waals surface area (Å²) in [5, 5.41) is 0. The van der Waals surface area contributed by atoms with Crippen LogP contribution < -0.4 is 0 Å². The highest BCUT2D eigenvalue weighted by molar-refractivity contribution is 6.06. The first kappa shape index (κ1) is 15.9. The number of rotatable bonds is 5. The number of hydrogen-bond donors (Lipinski definition) is 0. The molecule has 0 aliphatic rings. The molecule has 0 bridgehead atoms. The molecule has 3 aromatic rings. The Balaban J connectivity index is 1.88. The number of imidazole rings is 1. The van der Waals surface area contributed by atoms with Crippen molar-refractivity contribution < 1.29 is 14.3 Å². The van der Waals surface area contributed by atoms with E-state index in [1.807, 2.05) is 35.8 Å². The zero-order valence-electron chi connectivity index (χ0n) is 13.5. The molecular weight excluding hydrogens is 306 g/mol. The van der Waals surface area contributed by atoms with Gasteiger partial charge in [0, 0.05) is 17.4 Å². The third kappa shape index (κ3) is 3.03. The average molecular weight is 323 g/mol. The Labute approximate surface area is 139 Å². The second-order valence-corrected chi connectivity index (χ2v) is 5.29. The second-order valence-electron chi connectivity index (χ2n) is 5.29. The van der Waals surface area contributed by atoms with Crippen molar-refractivity contribution in [3.63, 3.8) is 0 Å². The van der Waals surface area contributed by atoms with Gasteiger partial charge in [0.25, 0.3) is 0 Å². The monoisotopic (exact) mass is 323 g/mol. The fraction of sp³-hybridized carbons (Fsp3) is 0.222. The van der Waals surface area contributed by atoms with Crippen molar-refractivity contribution in [1.82, 2.24) is 14.5 Å². The molecule has 0 unspecified atom stereocenters. The lowest BCUT2D eigenvalue weighted by atomic mass is 10.1. The van der Waals surface area contributed by atoms with E-state index in [0.717, 1.165) is 17.0 Å². The lowest BCUT2D eigenvalue weighted by Gasteiger charge is -2.08. The zero-order valence-corrected chi connectivity index (χ0v) is 13.5. The summed E-state index contributed by atoms with van der Waals surface area (Å²) in [5.41, 5.74) is 2.95. The molecule has 0 spiro atoms. The van der Waals surface area contributed by atoms with Gasteiger partial charge in [0.15, 0.2) is 11.4 Å². The third-order valence-corrected chi connectivity index (χ3v) is 3.66. The van der Waals surface area contributed by atoms with Gasteiger partial charge in [-0.1, -0.05) is 0 Å². The van der Waals surface area contributed by atoms with Crippen LogP contribution in [-0.2, 0) is 9.53 Å². The molecule has 0 saturated heterocycles. The molecule has 2 aromatic heterocycles. The number of ether oxygens (including phenoxy) is 1. The molecule has 0 fully saturated rings. The minimum absolute atomic E-state index is 0.246. The van der Waals surface area contributed by atoms with Crippen molar-refractivity contribution in [1.29, 1.82) is 0 Å². The van der Waals surface area contributed by atoms with Crippen LogP contribution >= 0.6 is 0 Å². The van der Waals surface area contributed by atoms with Crippen molar-refractivity contribution in [3.05, 3.63) is 54.0 Å². The van der Waals surface area contributed by atoms with Gasteiger partial charge in [0.2, 0.25) is 0 Å². The molecular formula is C18H17N3O3. The fourth-order valence-electron chi connectivity index (χ4n) is 2.59. The number of nitrogens with zero attached hydrogens (tertiary/aromatic N) is 3. The van der Waals surface area contributed by atoms with Gasteiger partial charge in [-0.25, -0.2) is 9.97 Å². The van der Waals surface area contributed by atoms with Gasteiger partial charge in [-0.3, -0.25) is 14.2 Å². The van der Waals surface area contributed by atoms with E-state index in [2.05, 4.69) is 9.97 Å². The van der Waals surface area contributed by atoms with Gasteiger partial charge in [0.05, 0.1) is 12.1 Å². The second kappa shape index (κ2) is 6.62. The summed E-state index contributed by atoms with van der Waals surface area (Å²) in [7, 11) is 0. The van der Waals surface area contributed by atoms with E-state index < -0.39 is 5.97 Å². The van der Waals surface area contributed by atoms with Crippen LogP contribution in [-0.4, -0.2) is 32.9 Å². The molecule has 24 heavy (non-hydrogen) atoms. The number of esters is 1. The van der Waals surface area contributed by atoms with Crippen molar-refractivity contribution in [2.75, 3.05) is 6.61 Å². The van der Waals surface area contributed by atoms with Gasteiger partial charge in [-0.05, 0) is 50.2 Å². The first-order valence-electron chi connectivity index (χ1n) is 7.69. The summed E-state index contributed by atoms with van der Waals surface area (Å²) < 4.78 is 6.78. The van der Waals surface area contributed by atoms with Crippen LogP contribution in [0.1, 0.15) is 29.5 Å². The predicted octanol–water partition coefficient (Wildman–Crippen LogP) is 2.86. The molecule has 0 atom stereocenters. The van der Waals surface area contributed by atoms with Crippen molar-refractivity contribution in [2.24, 2.45) is 0 Å². The molecule has 2 heterocycles. The Morgan fingerprint density at radius 3 is 2.62 bits per heavy atom. The number of aryl methyl sites for hydroxylation is 1. The number of aromatic nitrogens is 3. The zero-order chi connectivity index (χ0) is 17.1. The largest absolute Gasteiger partial charge is 0.466 e. The summed E-state index contributed by atoms with van der Waals surface area (Å²) in [4.78, 5) is 32.2. The Bertz CT molecular complexity index is 898. The minimum Gasteiger partial charge on any atom is -0.466 e. The number of Topliss-reactive ketones (excluding diaryl/α,β-unsaturated/α-hetero) is 1. The summed E-state index contributed by atoms with van der Waals surface area (Å²) in [6.45, 7) is 3.89. The van der Waals surface area contributed by atoms with Gasteiger partial charge in [0.1, 0.15) is 12.2 Å². The smallest absolute Gasteiger partial charge is 0.313 e. The van der Waals surface area contributed by atoms with Crippen molar-refractivity contribution in [3.8, 4) is 5.69 Å². The van der Waals surface area contributed by atoms with Crippen LogP contribution in [0, 0.1) is 6.92 Å². The maximum Gasteiger partial charge on any atom is 0.313 e. The standard InChI is InChI=1S/C18H17N3O3/c1-3-24-17(23)11-16(22)13-6-8-14(9-7-13)21-12(2)20-18-15(21)5-4-10-19-18/h4-10H,3,11H2,1-2H3. The number of pyridine rings is 1. The lowest BCUT2D eigenvalue weighted by molar-refractivity contribution is -0.141. The summed E-state index contributed by atoms with van der Waals surface area (Å²) in [5.74, 6) is 0.0530. The highest BCUT2D eigenvalue weighted by Gasteiger charge is 2.14. The highest BCUT2D eigenvalue weighted by atomic mass is 16.5. The van der Waals surface area contributed by atoms with Gasteiger partial charge in [-0.15, -0.1) is 0 Å². The number of carbonyl (C=O) groups excluding carboxylic acids is 2. The Hall–Kier alpha value is -3.02. The van der Waals surface area contributed by atoms with Gasteiger partial charge in [-0.2, -0.15) is 0 Å². The van der Waals surface area contributed by atoms with Gasteiger partial charge < -0.3 is 4.74 Å². The van der Waals surface area contributed by atoms with E-state index in [1.165, 1.54) is 0 Å². The molecule has 6 nitrogen and oxygen atoms in total. The molecule has 0 radical (unpaired) electrons. The van der Waals surface area contributed by atoms with E-state index in [-0.39, 0.29) is 18.8 Å². The van der Waals surface area contributed by atoms with E-state index in [4.69, 9.17) is 4.74 Å². The third-order valence-electron chi connectivity index (χ3n) is 3.66. The van der Waals surface area contributed by atoms with Crippen LogP contribution in [0.15, 0.2) is 42.6 Å². The first-order chi connectivity index (χ1) is 11.6. The molecule has 122 valence electrons. The van der Waals surface area contributed by atoms with E-state index in [9.17, 15) is 9.59 Å². The first-order valence-corrected chi connectivity index (χ1v) is 7.69. The van der Waals surface area contributed by atoms with Crippen LogP contribution in [0.25, 0.3) is 16.9 Å². The fourth-order valence-corrected chi connectivity index (χ4v) is 2.59. The number of carbonyl (C=O) groups is 2. The molecule has 6 heteroatoms. The summed E-state index contributed by atoms with van der Waals surface area (Å²) in [6, 6.07) is 10.9. The topological polar surface area (TPSA) is 74.1 Å². The van der Waals surface area contributed by atoms with E-state index in [0.29, 0.717) is 11.2 Å². The van der Waals surface area contributed by atoms with Crippen LogP contribution in [0.2, 0.25) is 0 Å². The van der Waals surface area contributed by atoms with Gasteiger partial charge >= 0.3 is 5.97 Å². The Morgan fingerprint density at radius 1 is 1.17 bits per heavy atom. The summed E-state index contributed by atoms with van der Waals surface area (Å²) in [6.07, 6.45) is 1.46. The molecule has 0 aliphatic heterocycles. The van der Waals surface area contributed by atoms with E-state index >= 15 is 0 Å². The molecule has 3 rings (SSSR count). The molecule has 1 aromatic carbocycles. The lowest BCUT2D eigenvalue weighted by Crippen LogP contribution is -2.11. The SMILES string of the molecule is CCOC(=O)CC(=O)c1ccc(-n2c(C)nc3ncccc32)cc1. The minimum atomic E-state index is -0.505. The Kier molecular flexibility index (Phi) is 4.37. The normalized spacial score (nSPS) is 10.8. The molecule has 0 aliphatic carbocycles. The molecule has 0 amide bonds. The van der Waals surface area contributed by atoms with Crippen molar-refractivity contribution >= 4 is 22.9 Å². The summed E-state index contributed by atoms with van der Waals surface area (Å²) >= 11 is 0. The number of benzene rings is 1.